The van der Waals surface area contributed by atoms with Crippen molar-refractivity contribution in [3.8, 4) is 0 Å². The lowest BCUT2D eigenvalue weighted by molar-refractivity contribution is 0.105. The predicted octanol–water partition coefficient (Wildman–Crippen LogP) is -0.697. The molecule has 1 unspecified atom stereocenters. The second kappa shape index (κ2) is 4.22. The SMILES string of the molecule is OCC(O)CNc1ncns1. The van der Waals surface area contributed by atoms with E-state index in [0.29, 0.717) is 11.7 Å². The molecule has 62 valence electrons. The summed E-state index contributed by atoms with van der Waals surface area (Å²) in [6.07, 6.45) is 0.692. The van der Waals surface area contributed by atoms with E-state index in [9.17, 15) is 0 Å². The van der Waals surface area contributed by atoms with Gasteiger partial charge in [-0.1, -0.05) is 0 Å². The smallest absolute Gasteiger partial charge is 0.202 e. The van der Waals surface area contributed by atoms with E-state index >= 15 is 0 Å². The third-order valence-corrected chi connectivity index (χ3v) is 1.68. The van der Waals surface area contributed by atoms with Crippen molar-refractivity contribution >= 4 is 16.7 Å². The Labute approximate surface area is 67.9 Å². The molecule has 1 rings (SSSR count). The van der Waals surface area contributed by atoms with E-state index in [1.54, 1.807) is 0 Å². The Hall–Kier alpha value is -0.720. The van der Waals surface area contributed by atoms with Gasteiger partial charge in [-0.05, 0) is 0 Å². The molecule has 3 N–H and O–H groups in total. The van der Waals surface area contributed by atoms with Crippen molar-refractivity contribution < 1.29 is 10.2 Å². The molecule has 0 fully saturated rings. The van der Waals surface area contributed by atoms with E-state index in [1.807, 2.05) is 0 Å². The highest BCUT2D eigenvalue weighted by molar-refractivity contribution is 7.09. The minimum atomic E-state index is -0.737. The molecule has 1 heterocycles. The zero-order valence-electron chi connectivity index (χ0n) is 5.77. The fourth-order valence-electron chi connectivity index (χ4n) is 0.521. The molecule has 0 saturated heterocycles. The quantitative estimate of drug-likeness (QED) is 0.564. The summed E-state index contributed by atoms with van der Waals surface area (Å²) in [5.74, 6) is 0. The second-order valence-electron chi connectivity index (χ2n) is 1.96. The Morgan fingerprint density at radius 2 is 2.55 bits per heavy atom. The van der Waals surface area contributed by atoms with Gasteiger partial charge in [0.2, 0.25) is 5.13 Å². The Bertz CT molecular complexity index is 192. The number of anilines is 1. The number of hydrogen-bond donors (Lipinski definition) is 3. The minimum Gasteiger partial charge on any atom is -0.394 e. The molecule has 0 radical (unpaired) electrons. The largest absolute Gasteiger partial charge is 0.394 e. The first-order chi connectivity index (χ1) is 5.33. The highest BCUT2D eigenvalue weighted by Crippen LogP contribution is 2.05. The van der Waals surface area contributed by atoms with Crippen LogP contribution in [0.3, 0.4) is 0 Å². The fourth-order valence-corrected chi connectivity index (χ4v) is 0.957. The van der Waals surface area contributed by atoms with Gasteiger partial charge in [-0.2, -0.15) is 4.37 Å². The van der Waals surface area contributed by atoms with Crippen molar-refractivity contribution in [2.45, 2.75) is 6.10 Å². The van der Waals surface area contributed by atoms with E-state index in [4.69, 9.17) is 10.2 Å². The maximum atomic E-state index is 8.90. The number of nitrogens with one attached hydrogen (secondary N) is 1. The molecule has 0 aliphatic heterocycles. The number of aromatic nitrogens is 2. The summed E-state index contributed by atoms with van der Waals surface area (Å²) in [5.41, 5.74) is 0. The first-order valence-corrected chi connectivity index (χ1v) is 3.89. The molecule has 6 heteroatoms. The first-order valence-electron chi connectivity index (χ1n) is 3.12. The van der Waals surface area contributed by atoms with Crippen molar-refractivity contribution in [1.29, 1.82) is 0 Å². The van der Waals surface area contributed by atoms with Crippen LogP contribution in [-0.4, -0.2) is 38.8 Å². The molecule has 0 saturated carbocycles. The Kier molecular flexibility index (Phi) is 3.21. The average Bonchev–Trinajstić information content (AvgIpc) is 2.52. The van der Waals surface area contributed by atoms with Crippen LogP contribution in [0.15, 0.2) is 6.33 Å². The van der Waals surface area contributed by atoms with E-state index in [0.717, 1.165) is 0 Å². The van der Waals surface area contributed by atoms with Crippen LogP contribution >= 0.6 is 11.5 Å². The molecule has 0 bridgehead atoms. The lowest BCUT2D eigenvalue weighted by atomic mass is 10.4. The van der Waals surface area contributed by atoms with Gasteiger partial charge in [-0.3, -0.25) is 0 Å². The van der Waals surface area contributed by atoms with Crippen LogP contribution in [-0.2, 0) is 0 Å². The fraction of sp³-hybridized carbons (Fsp3) is 0.600. The monoisotopic (exact) mass is 175 g/mol. The number of aliphatic hydroxyl groups is 2. The van der Waals surface area contributed by atoms with E-state index in [2.05, 4.69) is 14.7 Å². The number of nitrogens with zero attached hydrogens (tertiary/aromatic N) is 2. The molecule has 1 aromatic heterocycles. The van der Waals surface area contributed by atoms with Crippen LogP contribution in [0.25, 0.3) is 0 Å². The third-order valence-electron chi connectivity index (χ3n) is 1.06. The standard InChI is InChI=1S/C5H9N3O2S/c9-2-4(10)1-6-5-7-3-8-11-5/h3-4,9-10H,1-2H2,(H,6,7,8). The Balaban J connectivity index is 2.23. The first kappa shape index (κ1) is 8.38. The highest BCUT2D eigenvalue weighted by atomic mass is 32.1. The number of aliphatic hydroxyl groups excluding tert-OH is 2. The lowest BCUT2D eigenvalue weighted by Gasteiger charge is -2.05. The van der Waals surface area contributed by atoms with Crippen molar-refractivity contribution in [3.63, 3.8) is 0 Å². The van der Waals surface area contributed by atoms with Crippen molar-refractivity contribution in [1.82, 2.24) is 9.36 Å². The van der Waals surface area contributed by atoms with Gasteiger partial charge in [0.1, 0.15) is 6.33 Å². The van der Waals surface area contributed by atoms with Crippen LogP contribution < -0.4 is 5.32 Å². The molecule has 0 aliphatic carbocycles. The summed E-state index contributed by atoms with van der Waals surface area (Å²) in [7, 11) is 0. The van der Waals surface area contributed by atoms with Crippen LogP contribution in [0, 0.1) is 0 Å². The molecule has 0 aromatic carbocycles. The van der Waals surface area contributed by atoms with Crippen LogP contribution in [0.1, 0.15) is 0 Å². The summed E-state index contributed by atoms with van der Waals surface area (Å²) >= 11 is 1.21. The van der Waals surface area contributed by atoms with Crippen LogP contribution in [0.4, 0.5) is 5.13 Å². The van der Waals surface area contributed by atoms with Gasteiger partial charge in [0.15, 0.2) is 0 Å². The number of hydrogen-bond acceptors (Lipinski definition) is 6. The Morgan fingerprint density at radius 1 is 1.73 bits per heavy atom. The molecule has 11 heavy (non-hydrogen) atoms. The van der Waals surface area contributed by atoms with Crippen molar-refractivity contribution in [2.75, 3.05) is 18.5 Å². The topological polar surface area (TPSA) is 78.3 Å². The zero-order chi connectivity index (χ0) is 8.10. The summed E-state index contributed by atoms with van der Waals surface area (Å²) in [6.45, 7) is 0.0531. The molecule has 5 nitrogen and oxygen atoms in total. The maximum Gasteiger partial charge on any atom is 0.202 e. The van der Waals surface area contributed by atoms with Crippen molar-refractivity contribution in [2.24, 2.45) is 0 Å². The molecule has 1 atom stereocenters. The van der Waals surface area contributed by atoms with Gasteiger partial charge < -0.3 is 15.5 Å². The van der Waals surface area contributed by atoms with Gasteiger partial charge in [-0.25, -0.2) is 4.98 Å². The summed E-state index contributed by atoms with van der Waals surface area (Å²) in [6, 6.07) is 0. The van der Waals surface area contributed by atoms with Gasteiger partial charge in [0.05, 0.1) is 12.7 Å². The zero-order valence-corrected chi connectivity index (χ0v) is 6.58. The molecular weight excluding hydrogens is 166 g/mol. The van der Waals surface area contributed by atoms with Gasteiger partial charge in [-0.15, -0.1) is 0 Å². The third kappa shape index (κ3) is 2.79. The van der Waals surface area contributed by atoms with E-state index in [-0.39, 0.29) is 6.61 Å². The highest BCUT2D eigenvalue weighted by Gasteiger charge is 2.01. The van der Waals surface area contributed by atoms with Crippen LogP contribution in [0.5, 0.6) is 0 Å². The lowest BCUT2D eigenvalue weighted by Crippen LogP contribution is -2.22. The average molecular weight is 175 g/mol. The molecule has 1 aromatic rings. The van der Waals surface area contributed by atoms with Crippen molar-refractivity contribution in [3.05, 3.63) is 6.33 Å². The molecular formula is C5H9N3O2S. The van der Waals surface area contributed by atoms with Gasteiger partial charge in [0.25, 0.3) is 0 Å². The molecule has 0 aliphatic rings. The van der Waals surface area contributed by atoms with Gasteiger partial charge >= 0.3 is 0 Å². The van der Waals surface area contributed by atoms with Gasteiger partial charge in [0, 0.05) is 18.1 Å². The predicted molar refractivity (Wildman–Crippen MR) is 41.5 cm³/mol. The van der Waals surface area contributed by atoms with E-state index < -0.39 is 6.10 Å². The minimum absolute atomic E-state index is 0.244. The summed E-state index contributed by atoms with van der Waals surface area (Å²) in [4.78, 5) is 3.83. The summed E-state index contributed by atoms with van der Waals surface area (Å²) in [5, 5.41) is 20.8. The van der Waals surface area contributed by atoms with E-state index in [1.165, 1.54) is 17.9 Å². The molecule has 0 spiro atoms. The summed E-state index contributed by atoms with van der Waals surface area (Å²) < 4.78 is 3.75. The normalized spacial score (nSPS) is 12.9. The van der Waals surface area contributed by atoms with Crippen LogP contribution in [0.2, 0.25) is 0 Å². The molecule has 0 amide bonds. The number of rotatable bonds is 4. The Morgan fingerprint density at radius 3 is 3.09 bits per heavy atom. The second-order valence-corrected chi connectivity index (χ2v) is 2.74. The maximum absolute atomic E-state index is 8.90.